The van der Waals surface area contributed by atoms with Crippen molar-refractivity contribution in [2.45, 2.75) is 12.8 Å². The zero-order valence-corrected chi connectivity index (χ0v) is 14.0. The van der Waals surface area contributed by atoms with E-state index in [4.69, 9.17) is 0 Å². The van der Waals surface area contributed by atoms with Crippen molar-refractivity contribution in [2.24, 2.45) is 0 Å². The van der Waals surface area contributed by atoms with Gasteiger partial charge in [-0.05, 0) is 49.2 Å². The van der Waals surface area contributed by atoms with Gasteiger partial charge in [0.15, 0.2) is 0 Å². The van der Waals surface area contributed by atoms with Gasteiger partial charge in [0.1, 0.15) is 17.2 Å². The molecule has 8 heteroatoms. The molecule has 3 rings (SSSR count). The lowest BCUT2D eigenvalue weighted by atomic mass is 10.1. The lowest BCUT2D eigenvalue weighted by molar-refractivity contribution is 0.101. The summed E-state index contributed by atoms with van der Waals surface area (Å²) in [6.07, 6.45) is 1.42. The van der Waals surface area contributed by atoms with Crippen LogP contribution in [0.4, 0.5) is 20.2 Å². The van der Waals surface area contributed by atoms with Gasteiger partial charge in [-0.1, -0.05) is 6.07 Å². The summed E-state index contributed by atoms with van der Waals surface area (Å²) in [7, 11) is -3.32. The number of carbonyl (C=O) groups is 1. The number of benzene rings is 2. The number of carbonyl (C=O) groups excluding carboxylic acids is 1. The molecule has 0 spiro atoms. The van der Waals surface area contributed by atoms with Gasteiger partial charge < -0.3 is 5.32 Å². The van der Waals surface area contributed by atoms with E-state index < -0.39 is 33.1 Å². The zero-order chi connectivity index (χ0) is 18.0. The summed E-state index contributed by atoms with van der Waals surface area (Å²) in [6, 6.07) is 9.28. The molecule has 2 aromatic rings. The molecule has 0 saturated carbocycles. The Morgan fingerprint density at radius 3 is 2.24 bits per heavy atom. The van der Waals surface area contributed by atoms with Crippen LogP contribution in [-0.2, 0) is 10.0 Å². The van der Waals surface area contributed by atoms with Gasteiger partial charge in [-0.15, -0.1) is 0 Å². The van der Waals surface area contributed by atoms with Crippen molar-refractivity contribution in [3.63, 3.8) is 0 Å². The first-order valence-electron chi connectivity index (χ1n) is 7.74. The van der Waals surface area contributed by atoms with Crippen molar-refractivity contribution >= 4 is 27.3 Å². The van der Waals surface area contributed by atoms with Crippen LogP contribution in [0.1, 0.15) is 23.2 Å². The first-order valence-corrected chi connectivity index (χ1v) is 9.35. The normalized spacial score (nSPS) is 16.5. The summed E-state index contributed by atoms with van der Waals surface area (Å²) in [5.41, 5.74) is 0.144. The Kier molecular flexibility index (Phi) is 4.71. The topological polar surface area (TPSA) is 66.5 Å². The molecule has 1 saturated heterocycles. The fourth-order valence-electron chi connectivity index (χ4n) is 2.70. The number of nitrogens with one attached hydrogen (secondary N) is 1. The van der Waals surface area contributed by atoms with E-state index in [0.29, 0.717) is 24.3 Å². The minimum Gasteiger partial charge on any atom is -0.322 e. The van der Waals surface area contributed by atoms with Crippen molar-refractivity contribution in [1.82, 2.24) is 0 Å². The van der Waals surface area contributed by atoms with Gasteiger partial charge >= 0.3 is 0 Å². The van der Waals surface area contributed by atoms with Crippen LogP contribution in [0, 0.1) is 11.6 Å². The van der Waals surface area contributed by atoms with Gasteiger partial charge in [0, 0.05) is 12.2 Å². The molecule has 1 amide bonds. The van der Waals surface area contributed by atoms with Gasteiger partial charge in [-0.25, -0.2) is 17.2 Å². The highest BCUT2D eigenvalue weighted by Crippen LogP contribution is 2.25. The molecule has 0 aliphatic carbocycles. The Balaban J connectivity index is 1.78. The predicted octanol–water partition coefficient (Wildman–Crippen LogP) is 3.15. The highest BCUT2D eigenvalue weighted by Gasteiger charge is 2.26. The van der Waals surface area contributed by atoms with Crippen molar-refractivity contribution in [2.75, 3.05) is 21.9 Å². The van der Waals surface area contributed by atoms with Crippen molar-refractivity contribution < 1.29 is 22.0 Å². The number of sulfonamides is 1. The Morgan fingerprint density at radius 2 is 1.64 bits per heavy atom. The first kappa shape index (κ1) is 17.3. The predicted molar refractivity (Wildman–Crippen MR) is 91.1 cm³/mol. The van der Waals surface area contributed by atoms with E-state index >= 15 is 0 Å². The van der Waals surface area contributed by atoms with E-state index in [2.05, 4.69) is 5.32 Å². The van der Waals surface area contributed by atoms with Crippen LogP contribution in [0.25, 0.3) is 0 Å². The molecule has 0 radical (unpaired) electrons. The average Bonchev–Trinajstić information content (AvgIpc) is 2.55. The standard InChI is InChI=1S/C17H16F2N2O3S/c18-14-4-3-5-15(19)16(14)17(22)20-12-6-8-13(9-7-12)21-10-1-2-11-25(21,23)24/h3-9H,1-2,10-11H2,(H,20,22). The number of hydrogen-bond donors (Lipinski definition) is 1. The fraction of sp³-hybridized carbons (Fsp3) is 0.235. The number of amides is 1. The summed E-state index contributed by atoms with van der Waals surface area (Å²) in [5.74, 6) is -2.70. The molecular formula is C17H16F2N2O3S. The van der Waals surface area contributed by atoms with E-state index in [-0.39, 0.29) is 5.75 Å². The van der Waals surface area contributed by atoms with Crippen LogP contribution < -0.4 is 9.62 Å². The van der Waals surface area contributed by atoms with Crippen LogP contribution in [0.5, 0.6) is 0 Å². The van der Waals surface area contributed by atoms with E-state index in [1.54, 1.807) is 12.1 Å². The van der Waals surface area contributed by atoms with Crippen LogP contribution in [0.3, 0.4) is 0 Å². The van der Waals surface area contributed by atoms with Gasteiger partial charge in [0.2, 0.25) is 10.0 Å². The quantitative estimate of drug-likeness (QED) is 0.907. The fourth-order valence-corrected chi connectivity index (χ4v) is 4.34. The van der Waals surface area contributed by atoms with Crippen LogP contribution in [-0.4, -0.2) is 26.6 Å². The molecule has 25 heavy (non-hydrogen) atoms. The highest BCUT2D eigenvalue weighted by atomic mass is 32.2. The maximum Gasteiger partial charge on any atom is 0.261 e. The largest absolute Gasteiger partial charge is 0.322 e. The monoisotopic (exact) mass is 366 g/mol. The number of nitrogens with zero attached hydrogens (tertiary/aromatic N) is 1. The number of rotatable bonds is 3. The van der Waals surface area contributed by atoms with Crippen LogP contribution in [0.15, 0.2) is 42.5 Å². The molecule has 5 nitrogen and oxygen atoms in total. The van der Waals surface area contributed by atoms with Gasteiger partial charge in [0.25, 0.3) is 5.91 Å². The maximum atomic E-state index is 13.6. The Morgan fingerprint density at radius 1 is 1.00 bits per heavy atom. The molecule has 1 fully saturated rings. The minimum atomic E-state index is -3.32. The summed E-state index contributed by atoms with van der Waals surface area (Å²) < 4.78 is 52.7. The molecule has 1 heterocycles. The van der Waals surface area contributed by atoms with Crippen molar-refractivity contribution in [1.29, 1.82) is 0 Å². The Labute approximate surface area is 144 Å². The van der Waals surface area contributed by atoms with Gasteiger partial charge in [0.05, 0.1) is 11.4 Å². The number of anilines is 2. The highest BCUT2D eigenvalue weighted by molar-refractivity contribution is 7.92. The third-order valence-electron chi connectivity index (χ3n) is 3.95. The van der Waals surface area contributed by atoms with Crippen molar-refractivity contribution in [3.8, 4) is 0 Å². The van der Waals surface area contributed by atoms with Crippen LogP contribution >= 0.6 is 0 Å². The Hall–Kier alpha value is -2.48. The number of halogens is 2. The maximum absolute atomic E-state index is 13.6. The first-order chi connectivity index (χ1) is 11.9. The van der Waals surface area contributed by atoms with E-state index in [1.807, 2.05) is 0 Å². The molecule has 0 aromatic heterocycles. The van der Waals surface area contributed by atoms with Gasteiger partial charge in [-0.2, -0.15) is 0 Å². The zero-order valence-electron chi connectivity index (χ0n) is 13.2. The molecule has 1 aliphatic heterocycles. The second-order valence-corrected chi connectivity index (χ2v) is 7.71. The smallest absolute Gasteiger partial charge is 0.261 e. The van der Waals surface area contributed by atoms with E-state index in [9.17, 15) is 22.0 Å². The molecule has 0 bridgehead atoms. The summed E-state index contributed by atoms with van der Waals surface area (Å²) in [5, 5.41) is 2.40. The second-order valence-electron chi connectivity index (χ2n) is 5.69. The number of hydrogen-bond acceptors (Lipinski definition) is 3. The summed E-state index contributed by atoms with van der Waals surface area (Å²) in [4.78, 5) is 12.0. The molecule has 2 aromatic carbocycles. The lowest BCUT2D eigenvalue weighted by Gasteiger charge is -2.28. The molecule has 0 atom stereocenters. The second kappa shape index (κ2) is 6.79. The SMILES string of the molecule is O=C(Nc1ccc(N2CCCCS2(=O)=O)cc1)c1c(F)cccc1F. The molecule has 132 valence electrons. The van der Waals surface area contributed by atoms with Crippen molar-refractivity contribution in [3.05, 3.63) is 59.7 Å². The average molecular weight is 366 g/mol. The molecule has 1 N–H and O–H groups in total. The van der Waals surface area contributed by atoms with E-state index in [0.717, 1.165) is 18.6 Å². The molecular weight excluding hydrogens is 350 g/mol. The molecule has 1 aliphatic rings. The Bertz CT molecular complexity index is 878. The van der Waals surface area contributed by atoms with Crippen LogP contribution in [0.2, 0.25) is 0 Å². The third kappa shape index (κ3) is 3.63. The summed E-state index contributed by atoms with van der Waals surface area (Å²) in [6.45, 7) is 0.411. The third-order valence-corrected chi connectivity index (χ3v) is 5.82. The lowest BCUT2D eigenvalue weighted by Crippen LogP contribution is -2.37. The van der Waals surface area contributed by atoms with E-state index in [1.165, 1.54) is 22.5 Å². The van der Waals surface area contributed by atoms with Gasteiger partial charge in [-0.3, -0.25) is 9.10 Å². The summed E-state index contributed by atoms with van der Waals surface area (Å²) >= 11 is 0. The minimum absolute atomic E-state index is 0.109. The molecule has 0 unspecified atom stereocenters.